The number of carbonyl (C=O) groups is 2. The van der Waals surface area contributed by atoms with Crippen molar-refractivity contribution >= 4 is 17.7 Å². The minimum Gasteiger partial charge on any atom is -0.410 e. The molecule has 0 aliphatic rings. The van der Waals surface area contributed by atoms with Crippen LogP contribution in [0.2, 0.25) is 0 Å². The summed E-state index contributed by atoms with van der Waals surface area (Å²) in [6.45, 7) is 0. The lowest BCUT2D eigenvalue weighted by Gasteiger charge is -2.18. The van der Waals surface area contributed by atoms with E-state index in [1.54, 1.807) is 36.4 Å². The summed E-state index contributed by atoms with van der Waals surface area (Å²) < 4.78 is 5.25. The molecule has 1 atom stereocenters. The number of rotatable bonds is 6. The van der Waals surface area contributed by atoms with Crippen molar-refractivity contribution in [3.63, 3.8) is 0 Å². The van der Waals surface area contributed by atoms with E-state index in [1.165, 1.54) is 0 Å². The van der Waals surface area contributed by atoms with Gasteiger partial charge >= 0.3 is 6.09 Å². The Morgan fingerprint density at radius 3 is 1.96 bits per heavy atom. The maximum atomic E-state index is 12.7. The summed E-state index contributed by atoms with van der Waals surface area (Å²) in [5.41, 5.74) is 1.60. The van der Waals surface area contributed by atoms with Crippen LogP contribution in [-0.2, 0) is 11.2 Å². The van der Waals surface area contributed by atoms with Gasteiger partial charge in [0.25, 0.3) is 0 Å². The van der Waals surface area contributed by atoms with Gasteiger partial charge < -0.3 is 15.4 Å². The molecule has 2 N–H and O–H groups in total. The molecule has 0 fully saturated rings. The van der Waals surface area contributed by atoms with Crippen molar-refractivity contribution in [2.45, 2.75) is 12.5 Å². The fraction of sp³-hybridized carbons (Fsp3) is 0.0909. The van der Waals surface area contributed by atoms with E-state index < -0.39 is 12.1 Å². The topological polar surface area (TPSA) is 67.4 Å². The van der Waals surface area contributed by atoms with Crippen molar-refractivity contribution in [2.24, 2.45) is 0 Å². The standard InChI is InChI=1S/C22H20N2O3/c25-21(23-18-12-6-2-7-13-18)20(16-17-10-4-1-5-11-17)24-22(26)27-19-14-8-3-9-15-19/h1-15,20H,16H2,(H,23,25)(H,24,26)/t20-/m0/s1. The Morgan fingerprint density at radius 2 is 1.33 bits per heavy atom. The fourth-order valence-electron chi connectivity index (χ4n) is 2.58. The molecule has 27 heavy (non-hydrogen) atoms. The van der Waals surface area contributed by atoms with Crippen LogP contribution >= 0.6 is 0 Å². The Bertz CT molecular complexity index is 868. The molecule has 5 nitrogen and oxygen atoms in total. The zero-order valence-corrected chi connectivity index (χ0v) is 14.7. The molecular formula is C22H20N2O3. The Morgan fingerprint density at radius 1 is 0.778 bits per heavy atom. The van der Waals surface area contributed by atoms with E-state index in [2.05, 4.69) is 10.6 Å². The molecule has 3 rings (SSSR count). The normalized spacial score (nSPS) is 11.3. The summed E-state index contributed by atoms with van der Waals surface area (Å²) in [5, 5.41) is 5.48. The summed E-state index contributed by atoms with van der Waals surface area (Å²) in [5.74, 6) is 0.104. The van der Waals surface area contributed by atoms with E-state index in [-0.39, 0.29) is 5.91 Å². The van der Waals surface area contributed by atoms with Gasteiger partial charge in [0.05, 0.1) is 0 Å². The quantitative estimate of drug-likeness (QED) is 0.697. The van der Waals surface area contributed by atoms with Gasteiger partial charge in [-0.1, -0.05) is 66.7 Å². The minimum atomic E-state index is -0.774. The number of hydrogen-bond donors (Lipinski definition) is 2. The summed E-state index contributed by atoms with van der Waals surface area (Å²) in [6, 6.07) is 26.6. The van der Waals surface area contributed by atoms with Crippen LogP contribution in [0.5, 0.6) is 5.75 Å². The molecule has 0 bridgehead atoms. The second kappa shape index (κ2) is 9.20. The maximum absolute atomic E-state index is 12.7. The van der Waals surface area contributed by atoms with Crippen molar-refractivity contribution in [1.82, 2.24) is 5.32 Å². The summed E-state index contributed by atoms with van der Waals surface area (Å²) in [4.78, 5) is 25.0. The Kier molecular flexibility index (Phi) is 6.20. The molecule has 0 aliphatic heterocycles. The van der Waals surface area contributed by atoms with Gasteiger partial charge in [0.1, 0.15) is 11.8 Å². The number of amides is 2. The van der Waals surface area contributed by atoms with Crippen molar-refractivity contribution in [2.75, 3.05) is 5.32 Å². The van der Waals surface area contributed by atoms with Gasteiger partial charge in [-0.05, 0) is 29.8 Å². The molecule has 0 radical (unpaired) electrons. The Labute approximate surface area is 158 Å². The zero-order chi connectivity index (χ0) is 18.9. The smallest absolute Gasteiger partial charge is 0.410 e. The highest BCUT2D eigenvalue weighted by Crippen LogP contribution is 2.11. The van der Waals surface area contributed by atoms with Gasteiger partial charge in [-0.2, -0.15) is 0 Å². The minimum absolute atomic E-state index is 0.310. The number of para-hydroxylation sites is 2. The van der Waals surface area contributed by atoms with Crippen LogP contribution in [0.15, 0.2) is 91.0 Å². The van der Waals surface area contributed by atoms with Gasteiger partial charge in [0.2, 0.25) is 5.91 Å². The van der Waals surface area contributed by atoms with E-state index >= 15 is 0 Å². The molecule has 0 aliphatic carbocycles. The summed E-state index contributed by atoms with van der Waals surface area (Å²) in [7, 11) is 0. The number of ether oxygens (including phenoxy) is 1. The van der Waals surface area contributed by atoms with Crippen molar-refractivity contribution in [1.29, 1.82) is 0 Å². The SMILES string of the molecule is O=C(N[C@@H](Cc1ccccc1)C(=O)Nc1ccccc1)Oc1ccccc1. The number of carbonyl (C=O) groups excluding carboxylic acids is 2. The first kappa shape index (κ1) is 18.2. The third-order valence-corrected chi connectivity index (χ3v) is 3.89. The third-order valence-electron chi connectivity index (χ3n) is 3.89. The van der Waals surface area contributed by atoms with E-state index in [1.807, 2.05) is 54.6 Å². The summed E-state index contributed by atoms with van der Waals surface area (Å²) in [6.07, 6.45) is -0.325. The number of hydrogen-bond acceptors (Lipinski definition) is 3. The van der Waals surface area contributed by atoms with Crippen LogP contribution < -0.4 is 15.4 Å². The molecule has 2 amide bonds. The highest BCUT2D eigenvalue weighted by molar-refractivity contribution is 5.96. The van der Waals surface area contributed by atoms with Gasteiger partial charge in [0.15, 0.2) is 0 Å². The third kappa shape index (κ3) is 5.71. The predicted octanol–water partition coefficient (Wildman–Crippen LogP) is 4.03. The number of nitrogens with one attached hydrogen (secondary N) is 2. The molecule has 0 unspecified atom stereocenters. The molecule has 136 valence electrons. The number of benzene rings is 3. The molecule has 3 aromatic rings. The highest BCUT2D eigenvalue weighted by atomic mass is 16.6. The second-order valence-electron chi connectivity index (χ2n) is 5.94. The van der Waals surface area contributed by atoms with Crippen LogP contribution in [0.1, 0.15) is 5.56 Å². The van der Waals surface area contributed by atoms with Gasteiger partial charge in [-0.3, -0.25) is 4.79 Å². The number of anilines is 1. The molecule has 0 saturated heterocycles. The van der Waals surface area contributed by atoms with Crippen LogP contribution in [0, 0.1) is 0 Å². The highest BCUT2D eigenvalue weighted by Gasteiger charge is 2.22. The van der Waals surface area contributed by atoms with Gasteiger partial charge in [-0.25, -0.2) is 4.79 Å². The first-order chi connectivity index (χ1) is 13.2. The van der Waals surface area contributed by atoms with Crippen LogP contribution in [0.3, 0.4) is 0 Å². The molecule has 3 aromatic carbocycles. The van der Waals surface area contributed by atoms with Crippen LogP contribution in [0.25, 0.3) is 0 Å². The summed E-state index contributed by atoms with van der Waals surface area (Å²) >= 11 is 0. The van der Waals surface area contributed by atoms with Crippen molar-refractivity contribution in [3.8, 4) is 5.75 Å². The zero-order valence-electron chi connectivity index (χ0n) is 14.7. The lowest BCUT2D eigenvalue weighted by Crippen LogP contribution is -2.46. The van der Waals surface area contributed by atoms with Crippen molar-refractivity contribution in [3.05, 3.63) is 96.6 Å². The van der Waals surface area contributed by atoms with E-state index in [4.69, 9.17) is 4.74 Å². The monoisotopic (exact) mass is 360 g/mol. The predicted molar refractivity (Wildman–Crippen MR) is 105 cm³/mol. The molecule has 0 aromatic heterocycles. The van der Waals surface area contributed by atoms with Gasteiger partial charge in [-0.15, -0.1) is 0 Å². The Hall–Kier alpha value is -3.60. The van der Waals surface area contributed by atoms with Crippen molar-refractivity contribution < 1.29 is 14.3 Å². The lowest BCUT2D eigenvalue weighted by atomic mass is 10.1. The first-order valence-corrected chi connectivity index (χ1v) is 8.64. The average molecular weight is 360 g/mol. The average Bonchev–Trinajstić information content (AvgIpc) is 2.70. The molecule has 0 heterocycles. The molecule has 0 saturated carbocycles. The molecule has 0 spiro atoms. The second-order valence-corrected chi connectivity index (χ2v) is 5.94. The maximum Gasteiger partial charge on any atom is 0.413 e. The van der Waals surface area contributed by atoms with Crippen LogP contribution in [-0.4, -0.2) is 18.0 Å². The largest absolute Gasteiger partial charge is 0.413 e. The molecular weight excluding hydrogens is 340 g/mol. The lowest BCUT2D eigenvalue weighted by molar-refractivity contribution is -0.118. The van der Waals surface area contributed by atoms with E-state index in [9.17, 15) is 9.59 Å². The molecule has 5 heteroatoms. The first-order valence-electron chi connectivity index (χ1n) is 8.64. The Balaban J connectivity index is 1.70. The van der Waals surface area contributed by atoms with Gasteiger partial charge in [0, 0.05) is 12.1 Å². The van der Waals surface area contributed by atoms with E-state index in [0.717, 1.165) is 5.56 Å². The van der Waals surface area contributed by atoms with E-state index in [0.29, 0.717) is 17.9 Å². The van der Waals surface area contributed by atoms with Crippen LogP contribution in [0.4, 0.5) is 10.5 Å². The fourth-order valence-corrected chi connectivity index (χ4v) is 2.58.